The van der Waals surface area contributed by atoms with Gasteiger partial charge in [-0.2, -0.15) is 0 Å². The van der Waals surface area contributed by atoms with Gasteiger partial charge in [-0.15, -0.1) is 0 Å². The Morgan fingerprint density at radius 3 is 2.89 bits per heavy atom. The molecular formula is C13H18N4O. The summed E-state index contributed by atoms with van der Waals surface area (Å²) in [4.78, 5) is 13.4. The Morgan fingerprint density at radius 1 is 1.39 bits per heavy atom. The molecule has 4 N–H and O–H groups in total. The number of allylic oxidation sites excluding steroid dienone is 3. The van der Waals surface area contributed by atoms with Crippen molar-refractivity contribution in [3.63, 3.8) is 0 Å². The maximum atomic E-state index is 11.4. The highest BCUT2D eigenvalue weighted by Crippen LogP contribution is 2.28. The minimum atomic E-state index is -0.359. The van der Waals surface area contributed by atoms with Gasteiger partial charge in [-0.05, 0) is 38.1 Å². The predicted octanol–water partition coefficient (Wildman–Crippen LogP) is -0.00230. The molecule has 0 saturated carbocycles. The maximum Gasteiger partial charge on any atom is 0.248 e. The van der Waals surface area contributed by atoms with Crippen LogP contribution in [0.1, 0.15) is 12.8 Å². The van der Waals surface area contributed by atoms with Crippen LogP contribution >= 0.6 is 0 Å². The zero-order valence-electron chi connectivity index (χ0n) is 10.2. The molecule has 5 heteroatoms. The summed E-state index contributed by atoms with van der Waals surface area (Å²) >= 11 is 0. The summed E-state index contributed by atoms with van der Waals surface area (Å²) in [5.74, 6) is 0.196. The smallest absolute Gasteiger partial charge is 0.248 e. The molecule has 0 aromatic rings. The van der Waals surface area contributed by atoms with Crippen LogP contribution in [-0.2, 0) is 4.79 Å². The molecule has 3 heterocycles. The van der Waals surface area contributed by atoms with Crippen molar-refractivity contribution >= 4 is 5.91 Å². The Kier molecular flexibility index (Phi) is 2.83. The van der Waals surface area contributed by atoms with Gasteiger partial charge in [-0.3, -0.25) is 4.79 Å². The highest BCUT2D eigenvalue weighted by atomic mass is 16.1. The van der Waals surface area contributed by atoms with Crippen molar-refractivity contribution in [3.05, 3.63) is 35.8 Å². The SMILES string of the molecule is NC(=O)C1=CC=CN2C=C(C3CCNCC3)NC12. The molecular weight excluding hydrogens is 228 g/mol. The largest absolute Gasteiger partial charge is 0.366 e. The first-order chi connectivity index (χ1) is 8.75. The molecule has 3 aliphatic rings. The number of fused-ring (bicyclic) bond motifs is 1. The summed E-state index contributed by atoms with van der Waals surface area (Å²) in [6.07, 6.45) is 9.89. The van der Waals surface area contributed by atoms with Gasteiger partial charge in [0.1, 0.15) is 6.17 Å². The lowest BCUT2D eigenvalue weighted by molar-refractivity contribution is -0.115. The van der Waals surface area contributed by atoms with Gasteiger partial charge in [0.25, 0.3) is 0 Å². The van der Waals surface area contributed by atoms with E-state index in [9.17, 15) is 4.79 Å². The van der Waals surface area contributed by atoms with Crippen LogP contribution < -0.4 is 16.4 Å². The minimum Gasteiger partial charge on any atom is -0.366 e. The molecule has 0 radical (unpaired) electrons. The fourth-order valence-electron chi connectivity index (χ4n) is 2.78. The maximum absolute atomic E-state index is 11.4. The Bertz CT molecular complexity index is 446. The average molecular weight is 246 g/mol. The molecule has 0 bridgehead atoms. The second kappa shape index (κ2) is 4.49. The van der Waals surface area contributed by atoms with Gasteiger partial charge in [0.15, 0.2) is 0 Å². The van der Waals surface area contributed by atoms with Crippen LogP contribution in [0.4, 0.5) is 0 Å². The molecule has 1 saturated heterocycles. The van der Waals surface area contributed by atoms with E-state index in [-0.39, 0.29) is 12.1 Å². The number of hydrogen-bond acceptors (Lipinski definition) is 4. The lowest BCUT2D eigenvalue weighted by atomic mass is 9.95. The number of rotatable bonds is 2. The molecule has 0 spiro atoms. The van der Waals surface area contributed by atoms with Crippen LogP contribution in [0.5, 0.6) is 0 Å². The zero-order chi connectivity index (χ0) is 12.5. The summed E-state index contributed by atoms with van der Waals surface area (Å²) in [5.41, 5.74) is 7.25. The molecule has 3 aliphatic heterocycles. The number of carbonyl (C=O) groups excluding carboxylic acids is 1. The number of amides is 1. The van der Waals surface area contributed by atoms with E-state index >= 15 is 0 Å². The highest BCUT2D eigenvalue weighted by molar-refractivity contribution is 5.94. The van der Waals surface area contributed by atoms with Gasteiger partial charge in [0, 0.05) is 24.0 Å². The number of hydrogen-bond donors (Lipinski definition) is 3. The summed E-state index contributed by atoms with van der Waals surface area (Å²) in [5, 5.41) is 6.79. The quantitative estimate of drug-likeness (QED) is 0.641. The van der Waals surface area contributed by atoms with Crippen LogP contribution in [0.15, 0.2) is 35.8 Å². The van der Waals surface area contributed by atoms with E-state index in [4.69, 9.17) is 5.73 Å². The van der Waals surface area contributed by atoms with E-state index in [0.29, 0.717) is 11.5 Å². The first-order valence-corrected chi connectivity index (χ1v) is 6.40. The standard InChI is InChI=1S/C13H18N4O/c14-12(18)10-2-1-7-17-8-11(16-13(10)17)9-3-5-15-6-4-9/h1-2,7-9,13,15-16H,3-6H2,(H2,14,18). The summed E-state index contributed by atoms with van der Waals surface area (Å²) < 4.78 is 0. The van der Waals surface area contributed by atoms with Crippen LogP contribution in [0.2, 0.25) is 0 Å². The molecule has 1 amide bonds. The molecule has 1 unspecified atom stereocenters. The van der Waals surface area contributed by atoms with E-state index in [2.05, 4.69) is 16.8 Å². The predicted molar refractivity (Wildman–Crippen MR) is 68.9 cm³/mol. The zero-order valence-corrected chi connectivity index (χ0v) is 10.2. The third-order valence-electron chi connectivity index (χ3n) is 3.78. The fraction of sp³-hybridized carbons (Fsp3) is 0.462. The van der Waals surface area contributed by atoms with Gasteiger partial charge in [-0.1, -0.05) is 0 Å². The van der Waals surface area contributed by atoms with Crippen molar-refractivity contribution in [3.8, 4) is 0 Å². The topological polar surface area (TPSA) is 70.4 Å². The first kappa shape index (κ1) is 11.3. The molecule has 0 aromatic carbocycles. The molecule has 96 valence electrons. The van der Waals surface area contributed by atoms with E-state index in [1.807, 2.05) is 17.2 Å². The number of carbonyl (C=O) groups is 1. The third-order valence-corrected chi connectivity index (χ3v) is 3.78. The summed E-state index contributed by atoms with van der Waals surface area (Å²) in [6.45, 7) is 2.12. The summed E-state index contributed by atoms with van der Waals surface area (Å²) in [6, 6.07) is 0. The second-order valence-corrected chi connectivity index (χ2v) is 4.93. The number of nitrogens with two attached hydrogens (primary N) is 1. The molecule has 5 nitrogen and oxygen atoms in total. The van der Waals surface area contributed by atoms with Gasteiger partial charge in [-0.25, -0.2) is 0 Å². The van der Waals surface area contributed by atoms with E-state index in [1.165, 1.54) is 5.70 Å². The second-order valence-electron chi connectivity index (χ2n) is 4.93. The lowest BCUT2D eigenvalue weighted by Crippen LogP contribution is -2.42. The number of primary amides is 1. The van der Waals surface area contributed by atoms with Gasteiger partial charge >= 0.3 is 0 Å². The van der Waals surface area contributed by atoms with Crippen LogP contribution in [0.3, 0.4) is 0 Å². The van der Waals surface area contributed by atoms with Crippen molar-refractivity contribution in [2.75, 3.05) is 13.1 Å². The summed E-state index contributed by atoms with van der Waals surface area (Å²) in [7, 11) is 0. The molecule has 0 aliphatic carbocycles. The number of nitrogens with one attached hydrogen (secondary N) is 2. The minimum absolute atomic E-state index is 0.114. The number of nitrogens with zero attached hydrogens (tertiary/aromatic N) is 1. The van der Waals surface area contributed by atoms with E-state index in [1.54, 1.807) is 6.08 Å². The first-order valence-electron chi connectivity index (χ1n) is 6.40. The van der Waals surface area contributed by atoms with E-state index < -0.39 is 0 Å². The Labute approximate surface area is 106 Å². The molecule has 0 aromatic heterocycles. The van der Waals surface area contributed by atoms with Crippen LogP contribution in [0.25, 0.3) is 0 Å². The van der Waals surface area contributed by atoms with Crippen molar-refractivity contribution in [2.24, 2.45) is 11.7 Å². The molecule has 1 atom stereocenters. The van der Waals surface area contributed by atoms with Crippen molar-refractivity contribution < 1.29 is 4.79 Å². The van der Waals surface area contributed by atoms with E-state index in [0.717, 1.165) is 25.9 Å². The Hall–Kier alpha value is -1.75. The normalized spacial score (nSPS) is 27.3. The average Bonchev–Trinajstić information content (AvgIpc) is 2.83. The van der Waals surface area contributed by atoms with Crippen molar-refractivity contribution in [1.82, 2.24) is 15.5 Å². The number of piperidine rings is 1. The molecule has 18 heavy (non-hydrogen) atoms. The van der Waals surface area contributed by atoms with Crippen LogP contribution in [-0.4, -0.2) is 30.1 Å². The Balaban J connectivity index is 1.77. The molecule has 3 rings (SSSR count). The Morgan fingerprint density at radius 2 is 2.17 bits per heavy atom. The lowest BCUT2D eigenvalue weighted by Gasteiger charge is -2.27. The van der Waals surface area contributed by atoms with Crippen molar-refractivity contribution in [1.29, 1.82) is 0 Å². The van der Waals surface area contributed by atoms with Gasteiger partial charge in [0.05, 0.1) is 5.57 Å². The van der Waals surface area contributed by atoms with Crippen LogP contribution in [0, 0.1) is 5.92 Å². The van der Waals surface area contributed by atoms with Crippen molar-refractivity contribution in [2.45, 2.75) is 19.0 Å². The van der Waals surface area contributed by atoms with Gasteiger partial charge in [0.2, 0.25) is 5.91 Å². The monoisotopic (exact) mass is 246 g/mol. The third kappa shape index (κ3) is 1.90. The molecule has 1 fully saturated rings. The highest BCUT2D eigenvalue weighted by Gasteiger charge is 2.32. The van der Waals surface area contributed by atoms with Gasteiger partial charge < -0.3 is 21.3 Å². The fourth-order valence-corrected chi connectivity index (χ4v) is 2.78.